The lowest BCUT2D eigenvalue weighted by molar-refractivity contribution is 0.111. The molecule has 0 aliphatic carbocycles. The molecule has 714 valence electrons. The van der Waals surface area contributed by atoms with Crippen molar-refractivity contribution in [2.24, 2.45) is 71.0 Å². The summed E-state index contributed by atoms with van der Waals surface area (Å²) in [5, 5.41) is 7.44. The molecular weight excluding hydrogens is 1890 g/mol. The Bertz CT molecular complexity index is 5690. The quantitative estimate of drug-likeness (QED) is 0.0206. The van der Waals surface area contributed by atoms with E-state index in [-0.39, 0.29) is 74.4 Å². The minimum absolute atomic E-state index is 0.0302. The molecule has 0 aliphatic heterocycles. The molecule has 5 aromatic carbocycles. The number of aldehydes is 1. The molecule has 0 atom stereocenters. The largest absolute Gasteiger partial charge is 0.497 e. The third kappa shape index (κ3) is 33.0. The molecular formula is C91H110Cl3F3N18O12S6. The molecule has 7 aromatic heterocycles. The first-order valence-corrected chi connectivity index (χ1v) is 47.2. The molecule has 5 amide bonds. The molecule has 0 unspecified atom stereocenters. The fourth-order valence-electron chi connectivity index (χ4n) is 12.1. The van der Waals surface area contributed by atoms with E-state index < -0.39 is 42.1 Å². The van der Waals surface area contributed by atoms with Crippen molar-refractivity contribution in [3.8, 4) is 5.75 Å². The van der Waals surface area contributed by atoms with Crippen molar-refractivity contribution in [2.75, 3.05) is 7.11 Å². The number of ether oxygens (including phenoxy) is 6. The van der Waals surface area contributed by atoms with Crippen molar-refractivity contribution in [3.63, 3.8) is 0 Å². The Kier molecular flexibility index (Phi) is 42.3. The van der Waals surface area contributed by atoms with Gasteiger partial charge in [0.05, 0.1) is 41.3 Å². The molecule has 0 saturated carbocycles. The molecule has 30 nitrogen and oxygen atoms in total. The van der Waals surface area contributed by atoms with Crippen LogP contribution in [0.2, 0.25) is 15.1 Å². The highest BCUT2D eigenvalue weighted by atomic mass is 35.5. The predicted molar refractivity (Wildman–Crippen MR) is 513 cm³/mol. The van der Waals surface area contributed by atoms with Crippen LogP contribution >= 0.6 is 105 Å². The van der Waals surface area contributed by atoms with Crippen molar-refractivity contribution >= 4 is 142 Å². The number of hydrogen-bond acceptors (Lipinski definition) is 25. The van der Waals surface area contributed by atoms with Crippen molar-refractivity contribution in [1.82, 2.24) is 62.3 Å². The average Bonchev–Trinajstić information content (AvgIpc) is 1.70. The van der Waals surface area contributed by atoms with Gasteiger partial charge in [-0.05, 0) is 146 Å². The molecule has 7 heterocycles. The van der Waals surface area contributed by atoms with Gasteiger partial charge in [-0.25, -0.2) is 67.0 Å². The number of halogens is 6. The SMILES string of the molecule is CC(C)c1nc(C=O)n(C)c1Sc1cccc(F)c1.CC(C)c1nc(COC(N)=O)n(C)c1Sc1cc(Cl)cc(Cl)c1.CC(C)c1nc(COC(N)=O)n(C)c1Sc1cc(F)cc(F)c1.CC(C)c1nc(COC(N)=O)n(C)c1Sc1cccc(Cl)c1.COc1cccc(Sc2c(C(C)C)nc(COC(N)=O)n2C)c1.Cc1cc(Sc2c(C(C)C)nc(COC(N)=O)n2C)cc(C)n1. The molecule has 0 fully saturated rings. The number of benzene rings is 5. The van der Waals surface area contributed by atoms with Gasteiger partial charge >= 0.3 is 30.5 Å². The number of nitrogens with two attached hydrogens (primary N) is 5. The maximum Gasteiger partial charge on any atom is 0.404 e. The van der Waals surface area contributed by atoms with E-state index in [9.17, 15) is 41.9 Å². The number of aromatic nitrogens is 13. The Morgan fingerprint density at radius 1 is 0.338 bits per heavy atom. The molecule has 12 aromatic rings. The first-order chi connectivity index (χ1) is 62.6. The summed E-state index contributed by atoms with van der Waals surface area (Å²) in [6.07, 6.45) is -3.38. The number of nitrogens with zero attached hydrogens (tertiary/aromatic N) is 13. The fourth-order valence-corrected chi connectivity index (χ4v) is 20.3. The van der Waals surface area contributed by atoms with Crippen molar-refractivity contribution in [2.45, 2.75) is 225 Å². The van der Waals surface area contributed by atoms with Crippen LogP contribution in [0.15, 0.2) is 181 Å². The van der Waals surface area contributed by atoms with E-state index >= 15 is 0 Å². The van der Waals surface area contributed by atoms with Crippen LogP contribution in [0.5, 0.6) is 5.75 Å². The standard InChI is InChI=1S/C16H22N4O2S.C16H21N3O3S.C15H17Cl2N3O2S.C15H18ClN3O2S.C15H17F2N3O2S.C14H15FN2OS/c1-9(2)14-15(20(5)13(19-14)8-22-16(17)21)23-12-6-10(3)18-11(4)7-12;1-10(2)14-15(19(3)13(18-14)9-22-16(17)20)23-12-7-5-6-11(8-12)21-4;1-8(2)13-14(20(3)12(19-13)7-22-15(18)21)23-11-5-9(16)4-10(17)6-11;1-9(2)13-14(22-11-6-4-5-10(16)7-11)19(3)12(18-13)8-21-15(17)20;1-8(2)13-14(20(3)12(19-13)7-22-15(18)21)23-11-5-9(16)4-10(17)6-11;1-9(2)13-14(17(3)12(8-18)16-13)19-11-6-4-5-10(15)7-11/h6-7,9H,8H2,1-5H3,(H2,17,21);5-8,10H,9H2,1-4H3,(H2,17,20);4-6,8H,7H2,1-3H3,(H2,18,21);4-7,9H,8H2,1-3H3,(H2,17,20);4-6,8H,7H2,1-3H3,(H2,18,21);4-9H,1-3H3. The number of imidazole rings is 6. The summed E-state index contributed by atoms with van der Waals surface area (Å²) in [4.78, 5) is 102. The van der Waals surface area contributed by atoms with E-state index in [1.54, 1.807) is 77.8 Å². The summed E-state index contributed by atoms with van der Waals surface area (Å²) in [6.45, 7) is 28.7. The monoisotopic (exact) mass is 2000 g/mol. The minimum Gasteiger partial charge on any atom is -0.497 e. The maximum absolute atomic E-state index is 13.4. The van der Waals surface area contributed by atoms with Gasteiger partial charge in [0.1, 0.15) is 82.5 Å². The van der Waals surface area contributed by atoms with E-state index in [0.29, 0.717) is 54.9 Å². The molecule has 42 heteroatoms. The van der Waals surface area contributed by atoms with Crippen LogP contribution in [0.4, 0.5) is 37.1 Å². The number of pyridine rings is 1. The lowest BCUT2D eigenvalue weighted by atomic mass is 10.2. The smallest absolute Gasteiger partial charge is 0.404 e. The van der Waals surface area contributed by atoms with Gasteiger partial charge in [0, 0.05) is 104 Å². The Hall–Kier alpha value is -10.9. The van der Waals surface area contributed by atoms with Crippen LogP contribution in [0.1, 0.15) is 204 Å². The van der Waals surface area contributed by atoms with E-state index in [0.717, 1.165) is 118 Å². The van der Waals surface area contributed by atoms with Crippen LogP contribution in [-0.2, 0) is 99.0 Å². The summed E-state index contributed by atoms with van der Waals surface area (Å²) in [6, 6.07) is 34.7. The summed E-state index contributed by atoms with van der Waals surface area (Å²) < 4.78 is 80.6. The van der Waals surface area contributed by atoms with Crippen molar-refractivity contribution < 1.29 is 70.4 Å². The number of amides is 5. The zero-order chi connectivity index (χ0) is 98.7. The molecule has 0 aliphatic rings. The zero-order valence-corrected chi connectivity index (χ0v) is 84.6. The van der Waals surface area contributed by atoms with Gasteiger partial charge in [-0.2, -0.15) is 0 Å². The van der Waals surface area contributed by atoms with Gasteiger partial charge in [-0.1, -0.05) is 207 Å². The second-order valence-corrected chi connectivity index (χ2v) is 38.9. The number of hydrogen-bond donors (Lipinski definition) is 5. The first-order valence-electron chi connectivity index (χ1n) is 41.2. The minimum atomic E-state index is -0.888. The zero-order valence-electron chi connectivity index (χ0n) is 77.4. The molecule has 12 rings (SSSR count). The summed E-state index contributed by atoms with van der Waals surface area (Å²) in [5.41, 5.74) is 32.5. The van der Waals surface area contributed by atoms with Crippen LogP contribution in [0.25, 0.3) is 0 Å². The normalized spacial score (nSPS) is 11.0. The second-order valence-electron chi connectivity index (χ2n) is 31.2. The van der Waals surface area contributed by atoms with Crippen molar-refractivity contribution in [3.05, 3.63) is 234 Å². The van der Waals surface area contributed by atoms with Crippen LogP contribution in [-0.4, -0.2) is 106 Å². The molecule has 0 radical (unpaired) electrons. The summed E-state index contributed by atoms with van der Waals surface area (Å²) in [5.74, 6) is 4.04. The number of rotatable bonds is 30. The fraction of sp³-hybridized carbons (Fsp3) is 0.352. The Morgan fingerprint density at radius 2 is 0.602 bits per heavy atom. The van der Waals surface area contributed by atoms with Gasteiger partial charge in [0.25, 0.3) is 0 Å². The molecule has 133 heavy (non-hydrogen) atoms. The van der Waals surface area contributed by atoms with Gasteiger partial charge < -0.3 is 84.5 Å². The Labute approximate surface area is 812 Å². The molecule has 10 N–H and O–H groups in total. The molecule has 0 spiro atoms. The van der Waals surface area contributed by atoms with Crippen LogP contribution < -0.4 is 33.4 Å². The van der Waals surface area contributed by atoms with Crippen LogP contribution in [0, 0.1) is 31.3 Å². The lowest BCUT2D eigenvalue weighted by Gasteiger charge is -2.10. The highest BCUT2D eigenvalue weighted by molar-refractivity contribution is 8.00. The highest BCUT2D eigenvalue weighted by Gasteiger charge is 2.27. The van der Waals surface area contributed by atoms with Crippen molar-refractivity contribution in [1.29, 1.82) is 0 Å². The Balaban J connectivity index is 0.000000218. The van der Waals surface area contributed by atoms with Gasteiger partial charge in [0.2, 0.25) is 0 Å². The number of carbonyl (C=O) groups excluding carboxylic acids is 6. The van der Waals surface area contributed by atoms with E-state index in [1.807, 2.05) is 167 Å². The number of primary amides is 5. The predicted octanol–water partition coefficient (Wildman–Crippen LogP) is 22.4. The third-order valence-corrected chi connectivity index (χ3v) is 26.3. The number of aryl methyl sites for hydroxylation is 2. The van der Waals surface area contributed by atoms with E-state index in [1.165, 1.54) is 59.6 Å². The lowest BCUT2D eigenvalue weighted by Crippen LogP contribution is -2.14. The first kappa shape index (κ1) is 109. The van der Waals surface area contributed by atoms with Gasteiger partial charge in [0.15, 0.2) is 45.1 Å². The van der Waals surface area contributed by atoms with E-state index in [4.69, 9.17) is 91.9 Å². The third-order valence-electron chi connectivity index (χ3n) is 18.7. The Morgan fingerprint density at radius 3 is 0.902 bits per heavy atom. The maximum atomic E-state index is 13.4. The van der Waals surface area contributed by atoms with Gasteiger partial charge in [-0.15, -0.1) is 0 Å². The van der Waals surface area contributed by atoms with Crippen LogP contribution in [0.3, 0.4) is 0 Å². The second kappa shape index (κ2) is 51.5. The summed E-state index contributed by atoms with van der Waals surface area (Å²) in [7, 11) is 12.8. The average molecular weight is 2000 g/mol. The van der Waals surface area contributed by atoms with Gasteiger partial charge in [-0.3, -0.25) is 9.78 Å². The topological polar surface area (TPSA) is 408 Å². The summed E-state index contributed by atoms with van der Waals surface area (Å²) >= 11 is 27.1. The molecule has 0 saturated heterocycles. The highest BCUT2D eigenvalue weighted by Crippen LogP contribution is 2.42. The molecule has 0 bridgehead atoms. The number of methoxy groups -OCH3 is 1. The number of carbonyl (C=O) groups is 6. The van der Waals surface area contributed by atoms with E-state index in [2.05, 4.69) is 90.3 Å².